The third-order valence-corrected chi connectivity index (χ3v) is 4.37. The lowest BCUT2D eigenvalue weighted by atomic mass is 10.1. The van der Waals surface area contributed by atoms with Gasteiger partial charge in [0.15, 0.2) is 0 Å². The zero-order valence-electron chi connectivity index (χ0n) is 11.8. The maximum atomic E-state index is 11.9. The van der Waals surface area contributed by atoms with E-state index >= 15 is 0 Å². The van der Waals surface area contributed by atoms with Gasteiger partial charge in [0.25, 0.3) is 0 Å². The smallest absolute Gasteiger partial charge is 0.229 e. The highest BCUT2D eigenvalue weighted by Crippen LogP contribution is 2.16. The second kappa shape index (κ2) is 6.87. The summed E-state index contributed by atoms with van der Waals surface area (Å²) in [6, 6.07) is 3.92. The van der Waals surface area contributed by atoms with Gasteiger partial charge < -0.3 is 10.1 Å². The van der Waals surface area contributed by atoms with Crippen LogP contribution in [0.2, 0.25) is 0 Å². The van der Waals surface area contributed by atoms with E-state index in [1.54, 1.807) is 17.5 Å². The van der Waals surface area contributed by atoms with E-state index < -0.39 is 0 Å². The Morgan fingerprint density at radius 2 is 2.48 bits per heavy atom. The van der Waals surface area contributed by atoms with Gasteiger partial charge in [0.1, 0.15) is 0 Å². The molecule has 1 aliphatic rings. The van der Waals surface area contributed by atoms with Gasteiger partial charge >= 0.3 is 0 Å². The van der Waals surface area contributed by atoms with Crippen molar-refractivity contribution < 1.29 is 9.53 Å². The minimum absolute atomic E-state index is 0.00841. The molecule has 6 heteroatoms. The Morgan fingerprint density at radius 3 is 3.24 bits per heavy atom. The normalized spacial score (nSPS) is 18.6. The Kier molecular flexibility index (Phi) is 4.67. The molecule has 1 aliphatic heterocycles. The average Bonchev–Trinajstić information content (AvgIpc) is 3.12. The average molecular weight is 305 g/mol. The first-order valence-electron chi connectivity index (χ1n) is 7.26. The van der Waals surface area contributed by atoms with E-state index in [4.69, 9.17) is 4.74 Å². The van der Waals surface area contributed by atoms with Gasteiger partial charge in [-0.2, -0.15) is 5.10 Å². The summed E-state index contributed by atoms with van der Waals surface area (Å²) in [5.41, 5.74) is 0.743. The number of nitrogens with one attached hydrogen (secondary N) is 1. The van der Waals surface area contributed by atoms with Gasteiger partial charge in [-0.1, -0.05) is 6.07 Å². The van der Waals surface area contributed by atoms with E-state index in [-0.39, 0.29) is 12.0 Å². The van der Waals surface area contributed by atoms with Gasteiger partial charge in [-0.25, -0.2) is 0 Å². The summed E-state index contributed by atoms with van der Waals surface area (Å²) in [4.78, 5) is 13.0. The Morgan fingerprint density at radius 1 is 1.52 bits per heavy atom. The lowest BCUT2D eigenvalue weighted by molar-refractivity contribution is -0.115. The summed E-state index contributed by atoms with van der Waals surface area (Å²) in [7, 11) is 0. The summed E-state index contributed by atoms with van der Waals surface area (Å²) in [5, 5.41) is 9.14. The Balaban J connectivity index is 1.51. The molecule has 112 valence electrons. The molecule has 3 rings (SSSR count). The molecule has 0 spiro atoms. The van der Waals surface area contributed by atoms with E-state index in [0.717, 1.165) is 36.6 Å². The standard InChI is InChI=1S/C15H19N3O2S/c19-15(8-14-5-3-7-21-14)17-12-9-16-18(10-12)11-13-4-1-2-6-20-13/h3,5,7,9-10,13H,1-2,4,6,8,11H2,(H,17,19). The van der Waals surface area contributed by atoms with Crippen molar-refractivity contribution in [1.29, 1.82) is 0 Å². The summed E-state index contributed by atoms with van der Waals surface area (Å²) >= 11 is 1.59. The molecule has 0 saturated carbocycles. The van der Waals surface area contributed by atoms with Crippen LogP contribution in [0.4, 0.5) is 5.69 Å². The van der Waals surface area contributed by atoms with Crippen LogP contribution in [-0.2, 0) is 22.5 Å². The fourth-order valence-corrected chi connectivity index (χ4v) is 3.17. The molecular weight excluding hydrogens is 286 g/mol. The molecule has 1 fully saturated rings. The topological polar surface area (TPSA) is 56.2 Å². The Bertz CT molecular complexity index is 574. The molecular formula is C15H19N3O2S. The number of carbonyl (C=O) groups is 1. The van der Waals surface area contributed by atoms with Crippen LogP contribution in [0.3, 0.4) is 0 Å². The lowest BCUT2D eigenvalue weighted by Crippen LogP contribution is -2.24. The molecule has 2 aromatic rings. The van der Waals surface area contributed by atoms with Crippen molar-refractivity contribution in [2.75, 3.05) is 11.9 Å². The van der Waals surface area contributed by atoms with Crippen molar-refractivity contribution in [3.63, 3.8) is 0 Å². The third-order valence-electron chi connectivity index (χ3n) is 3.50. The summed E-state index contributed by atoms with van der Waals surface area (Å²) in [6.45, 7) is 1.59. The van der Waals surface area contributed by atoms with Gasteiger partial charge in [-0.3, -0.25) is 9.48 Å². The molecule has 0 aliphatic carbocycles. The van der Waals surface area contributed by atoms with Crippen molar-refractivity contribution in [1.82, 2.24) is 9.78 Å². The summed E-state index contributed by atoms with van der Waals surface area (Å²) in [6.07, 6.45) is 7.66. The molecule has 1 saturated heterocycles. The first kappa shape index (κ1) is 14.3. The van der Waals surface area contributed by atoms with Crippen molar-refractivity contribution >= 4 is 22.9 Å². The van der Waals surface area contributed by atoms with Crippen LogP contribution in [0.15, 0.2) is 29.9 Å². The number of rotatable bonds is 5. The number of thiophene rings is 1. The fraction of sp³-hybridized carbons (Fsp3) is 0.467. The third kappa shape index (κ3) is 4.15. The van der Waals surface area contributed by atoms with Crippen LogP contribution in [0, 0.1) is 0 Å². The summed E-state index contributed by atoms with van der Waals surface area (Å²) in [5.74, 6) is -0.00841. The van der Waals surface area contributed by atoms with Crippen LogP contribution in [0.1, 0.15) is 24.1 Å². The zero-order chi connectivity index (χ0) is 14.5. The van der Waals surface area contributed by atoms with Crippen molar-refractivity contribution in [2.45, 2.75) is 38.3 Å². The van der Waals surface area contributed by atoms with E-state index in [1.165, 1.54) is 6.42 Å². The first-order chi connectivity index (χ1) is 10.3. The van der Waals surface area contributed by atoms with E-state index in [1.807, 2.05) is 28.4 Å². The second-order valence-corrected chi connectivity index (χ2v) is 6.28. The SMILES string of the molecule is O=C(Cc1cccs1)Nc1cnn(CC2CCCCO2)c1. The van der Waals surface area contributed by atoms with Crippen LogP contribution < -0.4 is 5.32 Å². The molecule has 0 bridgehead atoms. The minimum Gasteiger partial charge on any atom is -0.376 e. The van der Waals surface area contributed by atoms with Crippen LogP contribution in [0.25, 0.3) is 0 Å². The molecule has 5 nitrogen and oxygen atoms in total. The lowest BCUT2D eigenvalue weighted by Gasteiger charge is -2.22. The van der Waals surface area contributed by atoms with Gasteiger partial charge in [0.05, 0.1) is 31.0 Å². The zero-order valence-corrected chi connectivity index (χ0v) is 12.6. The first-order valence-corrected chi connectivity index (χ1v) is 8.14. The van der Waals surface area contributed by atoms with Gasteiger partial charge in [-0.15, -0.1) is 11.3 Å². The quantitative estimate of drug-likeness (QED) is 0.924. The number of ether oxygens (including phenoxy) is 1. The van der Waals surface area contributed by atoms with Crippen molar-refractivity contribution in [3.05, 3.63) is 34.8 Å². The molecule has 1 unspecified atom stereocenters. The predicted octanol–water partition coefficient (Wildman–Crippen LogP) is 2.69. The molecule has 1 N–H and O–H groups in total. The van der Waals surface area contributed by atoms with E-state index in [2.05, 4.69) is 10.4 Å². The van der Waals surface area contributed by atoms with Crippen molar-refractivity contribution in [3.8, 4) is 0 Å². The van der Waals surface area contributed by atoms with Crippen LogP contribution in [-0.4, -0.2) is 28.4 Å². The van der Waals surface area contributed by atoms with Crippen molar-refractivity contribution in [2.24, 2.45) is 0 Å². The fourth-order valence-electron chi connectivity index (χ4n) is 2.46. The maximum Gasteiger partial charge on any atom is 0.229 e. The molecule has 0 radical (unpaired) electrons. The molecule has 21 heavy (non-hydrogen) atoms. The minimum atomic E-state index is -0.00841. The number of hydrogen-bond donors (Lipinski definition) is 1. The number of amides is 1. The molecule has 3 heterocycles. The largest absolute Gasteiger partial charge is 0.376 e. The van der Waals surface area contributed by atoms with Gasteiger partial charge in [-0.05, 0) is 30.7 Å². The molecule has 2 aromatic heterocycles. The number of aromatic nitrogens is 2. The van der Waals surface area contributed by atoms with Crippen LogP contribution >= 0.6 is 11.3 Å². The number of nitrogens with zero attached hydrogens (tertiary/aromatic N) is 2. The molecule has 1 atom stereocenters. The highest BCUT2D eigenvalue weighted by Gasteiger charge is 2.15. The number of carbonyl (C=O) groups excluding carboxylic acids is 1. The second-order valence-electron chi connectivity index (χ2n) is 5.24. The number of anilines is 1. The van der Waals surface area contributed by atoms with Crippen LogP contribution in [0.5, 0.6) is 0 Å². The summed E-state index contributed by atoms with van der Waals surface area (Å²) < 4.78 is 7.54. The predicted molar refractivity (Wildman–Crippen MR) is 82.5 cm³/mol. The molecule has 1 amide bonds. The van der Waals surface area contributed by atoms with Gasteiger partial charge in [0.2, 0.25) is 5.91 Å². The highest BCUT2D eigenvalue weighted by molar-refractivity contribution is 7.10. The highest BCUT2D eigenvalue weighted by atomic mass is 32.1. The number of hydrogen-bond acceptors (Lipinski definition) is 4. The maximum absolute atomic E-state index is 11.9. The molecule has 0 aromatic carbocycles. The Labute approximate surface area is 127 Å². The van der Waals surface area contributed by atoms with E-state index in [0.29, 0.717) is 6.42 Å². The Hall–Kier alpha value is -1.66. The van der Waals surface area contributed by atoms with E-state index in [9.17, 15) is 4.79 Å². The monoisotopic (exact) mass is 305 g/mol. The van der Waals surface area contributed by atoms with Gasteiger partial charge in [0, 0.05) is 17.7 Å².